The molecule has 0 fully saturated rings. The molecule has 10 heteroatoms. The molecule has 0 aliphatic rings. The number of alkyl halides is 3. The summed E-state index contributed by atoms with van der Waals surface area (Å²) in [6.45, 7) is 0. The van der Waals surface area contributed by atoms with Gasteiger partial charge in [0.15, 0.2) is 5.01 Å². The second kappa shape index (κ2) is 4.13. The average Bonchev–Trinajstić information content (AvgIpc) is 2.86. The van der Waals surface area contributed by atoms with Crippen molar-refractivity contribution in [3.8, 4) is 16.3 Å². The molecule has 2 aromatic heterocycles. The zero-order valence-corrected chi connectivity index (χ0v) is 10.2. The number of hydrogen-bond acceptors (Lipinski definition) is 5. The number of aromatic hydroxyl groups is 1. The zero-order valence-electron chi connectivity index (χ0n) is 9.39. The quantitative estimate of drug-likeness (QED) is 0.702. The number of aromatic nitrogens is 4. The summed E-state index contributed by atoms with van der Waals surface area (Å²) in [5, 5.41) is 19.4. The molecule has 3 rings (SSSR count). The lowest BCUT2D eigenvalue weighted by molar-refractivity contribution is -0.146. The molecule has 0 saturated heterocycles. The van der Waals surface area contributed by atoms with Crippen molar-refractivity contribution in [2.45, 2.75) is 6.18 Å². The maximum absolute atomic E-state index is 13.6. The van der Waals surface area contributed by atoms with E-state index in [1.54, 1.807) is 0 Å². The number of nitrogens with zero attached hydrogens (tertiary/aromatic N) is 4. The Morgan fingerprint density at radius 2 is 1.95 bits per heavy atom. The van der Waals surface area contributed by atoms with Crippen molar-refractivity contribution >= 4 is 16.3 Å². The van der Waals surface area contributed by atoms with Gasteiger partial charge in [0, 0.05) is 0 Å². The minimum Gasteiger partial charge on any atom is -0.507 e. The van der Waals surface area contributed by atoms with Gasteiger partial charge in [-0.15, -0.1) is 10.2 Å². The van der Waals surface area contributed by atoms with Gasteiger partial charge in [0.05, 0.1) is 5.56 Å². The minimum absolute atomic E-state index is 0.115. The normalized spacial score (nSPS) is 12.2. The largest absolute Gasteiger partial charge is 0.507 e. The second-order valence-corrected chi connectivity index (χ2v) is 4.71. The van der Waals surface area contributed by atoms with Gasteiger partial charge in [-0.1, -0.05) is 17.4 Å². The fraction of sp³-hybridized carbons (Fsp3) is 0.100. The maximum Gasteiger partial charge on any atom is 0.453 e. The van der Waals surface area contributed by atoms with Crippen molar-refractivity contribution in [3.63, 3.8) is 0 Å². The summed E-state index contributed by atoms with van der Waals surface area (Å²) in [5.74, 6) is -2.50. The third kappa shape index (κ3) is 1.88. The molecule has 1 aromatic carbocycles. The number of rotatable bonds is 1. The molecule has 0 spiro atoms. The highest BCUT2D eigenvalue weighted by Crippen LogP contribution is 2.36. The molecular weight excluding hydrogens is 300 g/mol. The van der Waals surface area contributed by atoms with Crippen LogP contribution in [0.4, 0.5) is 17.6 Å². The highest BCUT2D eigenvalue weighted by Gasteiger charge is 2.38. The van der Waals surface area contributed by atoms with Gasteiger partial charge in [-0.3, -0.25) is 0 Å². The number of fused-ring (bicyclic) bond motifs is 1. The van der Waals surface area contributed by atoms with Gasteiger partial charge < -0.3 is 5.11 Å². The zero-order chi connectivity index (χ0) is 14.5. The third-order valence-corrected chi connectivity index (χ3v) is 3.37. The van der Waals surface area contributed by atoms with E-state index in [1.807, 2.05) is 0 Å². The van der Waals surface area contributed by atoms with Gasteiger partial charge in [0.25, 0.3) is 5.82 Å². The topological polar surface area (TPSA) is 63.3 Å². The molecule has 5 nitrogen and oxygen atoms in total. The third-order valence-electron chi connectivity index (χ3n) is 2.45. The van der Waals surface area contributed by atoms with E-state index in [1.165, 1.54) is 12.1 Å². The second-order valence-electron chi connectivity index (χ2n) is 3.76. The summed E-state index contributed by atoms with van der Waals surface area (Å²) in [6, 6.07) is 3.56. The van der Waals surface area contributed by atoms with Crippen molar-refractivity contribution in [3.05, 3.63) is 29.8 Å². The van der Waals surface area contributed by atoms with E-state index in [9.17, 15) is 22.7 Å². The Hall–Kier alpha value is -2.23. The van der Waals surface area contributed by atoms with E-state index < -0.39 is 23.6 Å². The SMILES string of the molecule is Oc1cccc(F)c1-c1nn2c(C(F)(F)F)nnc2s1. The first-order valence-corrected chi connectivity index (χ1v) is 5.97. The number of benzene rings is 1. The van der Waals surface area contributed by atoms with Crippen LogP contribution in [0.25, 0.3) is 15.5 Å². The number of phenols is 1. The van der Waals surface area contributed by atoms with Crippen LogP contribution in [0.5, 0.6) is 5.75 Å². The van der Waals surface area contributed by atoms with Gasteiger partial charge >= 0.3 is 6.18 Å². The molecule has 0 atom stereocenters. The molecule has 2 heterocycles. The van der Waals surface area contributed by atoms with E-state index >= 15 is 0 Å². The predicted molar refractivity (Wildman–Crippen MR) is 60.7 cm³/mol. The number of halogens is 4. The van der Waals surface area contributed by atoms with Crippen LogP contribution >= 0.6 is 11.3 Å². The van der Waals surface area contributed by atoms with Crippen molar-refractivity contribution in [2.75, 3.05) is 0 Å². The Morgan fingerprint density at radius 3 is 2.60 bits per heavy atom. The smallest absolute Gasteiger partial charge is 0.453 e. The van der Waals surface area contributed by atoms with Gasteiger partial charge in [-0.05, 0) is 12.1 Å². The Balaban J connectivity index is 2.22. The first-order chi connectivity index (χ1) is 9.38. The van der Waals surface area contributed by atoms with Gasteiger partial charge in [0.1, 0.15) is 11.6 Å². The van der Waals surface area contributed by atoms with Crippen LogP contribution in [0.3, 0.4) is 0 Å². The monoisotopic (exact) mass is 304 g/mol. The van der Waals surface area contributed by atoms with Crippen molar-refractivity contribution in [1.82, 2.24) is 19.8 Å². The van der Waals surface area contributed by atoms with Crippen LogP contribution in [0, 0.1) is 5.82 Å². The number of phenolic OH excluding ortho intramolecular Hbond substituents is 1. The summed E-state index contributed by atoms with van der Waals surface area (Å²) < 4.78 is 52.0. The molecule has 0 saturated carbocycles. The molecule has 0 unspecified atom stereocenters. The molecule has 0 aliphatic carbocycles. The highest BCUT2D eigenvalue weighted by atomic mass is 32.1. The fourth-order valence-electron chi connectivity index (χ4n) is 1.62. The molecule has 0 bridgehead atoms. The summed E-state index contributed by atoms with van der Waals surface area (Å²) >= 11 is 0.694. The lowest BCUT2D eigenvalue weighted by Gasteiger charge is -2.02. The molecule has 0 amide bonds. The average molecular weight is 304 g/mol. The molecule has 20 heavy (non-hydrogen) atoms. The van der Waals surface area contributed by atoms with E-state index in [0.717, 1.165) is 6.07 Å². The summed E-state index contributed by atoms with van der Waals surface area (Å²) in [5.41, 5.74) is -0.267. The van der Waals surface area contributed by atoms with Crippen LogP contribution in [0.1, 0.15) is 5.82 Å². The lowest BCUT2D eigenvalue weighted by atomic mass is 10.2. The van der Waals surface area contributed by atoms with Gasteiger partial charge in [-0.25, -0.2) is 4.39 Å². The first kappa shape index (κ1) is 12.8. The van der Waals surface area contributed by atoms with Gasteiger partial charge in [-0.2, -0.15) is 22.8 Å². The highest BCUT2D eigenvalue weighted by molar-refractivity contribution is 7.19. The van der Waals surface area contributed by atoms with Crippen LogP contribution in [-0.4, -0.2) is 24.9 Å². The first-order valence-electron chi connectivity index (χ1n) is 5.15. The predicted octanol–water partition coefficient (Wildman–Crippen LogP) is 2.72. The Kier molecular flexibility index (Phi) is 2.64. The summed E-state index contributed by atoms with van der Waals surface area (Å²) in [4.78, 5) is -0.144. The maximum atomic E-state index is 13.6. The summed E-state index contributed by atoms with van der Waals surface area (Å²) in [7, 11) is 0. The van der Waals surface area contributed by atoms with Gasteiger partial charge in [0.2, 0.25) is 4.96 Å². The Morgan fingerprint density at radius 1 is 1.20 bits per heavy atom. The Bertz CT molecular complexity index is 774. The standard InChI is InChI=1S/C10H4F4N4OS/c11-4-2-1-3-5(19)6(4)7-17-18-8(10(12,13)14)15-16-9(18)20-7/h1-3,19H. The van der Waals surface area contributed by atoms with E-state index in [4.69, 9.17) is 0 Å². The molecule has 1 N–H and O–H groups in total. The molecular formula is C10H4F4N4OS. The fourth-order valence-corrected chi connectivity index (χ4v) is 2.51. The molecule has 0 radical (unpaired) electrons. The lowest BCUT2D eigenvalue weighted by Crippen LogP contribution is -2.11. The van der Waals surface area contributed by atoms with Crippen molar-refractivity contribution < 1.29 is 22.7 Å². The van der Waals surface area contributed by atoms with E-state index in [-0.39, 0.29) is 15.5 Å². The van der Waals surface area contributed by atoms with E-state index in [0.29, 0.717) is 15.9 Å². The number of hydrogen-bond donors (Lipinski definition) is 1. The van der Waals surface area contributed by atoms with Crippen LogP contribution < -0.4 is 0 Å². The summed E-state index contributed by atoms with van der Waals surface area (Å²) in [6.07, 6.45) is -4.72. The molecule has 0 aliphatic heterocycles. The van der Waals surface area contributed by atoms with Crippen molar-refractivity contribution in [2.24, 2.45) is 0 Å². The van der Waals surface area contributed by atoms with E-state index in [2.05, 4.69) is 15.3 Å². The van der Waals surface area contributed by atoms with Crippen LogP contribution in [0.2, 0.25) is 0 Å². The molecule has 104 valence electrons. The van der Waals surface area contributed by atoms with Crippen LogP contribution in [0.15, 0.2) is 18.2 Å². The Labute approximate surface area is 112 Å². The minimum atomic E-state index is -4.72. The molecule has 3 aromatic rings. The van der Waals surface area contributed by atoms with Crippen LogP contribution in [-0.2, 0) is 6.18 Å². The van der Waals surface area contributed by atoms with Crippen molar-refractivity contribution in [1.29, 1.82) is 0 Å².